The Morgan fingerprint density at radius 3 is 2.62 bits per heavy atom. The molecule has 1 fully saturated rings. The van der Waals surface area contributed by atoms with Gasteiger partial charge in [0.25, 0.3) is 0 Å². The minimum Gasteiger partial charge on any atom is -0.493 e. The maximum Gasteiger partial charge on any atom is 0.223 e. The highest BCUT2D eigenvalue weighted by atomic mass is 16.5. The van der Waals surface area contributed by atoms with Crippen molar-refractivity contribution in [2.45, 2.75) is 33.2 Å². The Hall–Kier alpha value is -1.79. The first-order chi connectivity index (χ1) is 12.7. The van der Waals surface area contributed by atoms with Gasteiger partial charge < -0.3 is 25.0 Å². The summed E-state index contributed by atoms with van der Waals surface area (Å²) in [5.74, 6) is 1.72. The fourth-order valence-electron chi connectivity index (χ4n) is 3.18. The zero-order valence-corrected chi connectivity index (χ0v) is 16.3. The molecular weight excluding hydrogens is 330 g/mol. The largest absolute Gasteiger partial charge is 0.493 e. The van der Waals surface area contributed by atoms with Crippen molar-refractivity contribution in [1.29, 1.82) is 0 Å². The van der Waals surface area contributed by atoms with Crippen LogP contribution in [0.15, 0.2) is 18.2 Å². The van der Waals surface area contributed by atoms with E-state index in [1.54, 1.807) is 7.11 Å². The summed E-state index contributed by atoms with van der Waals surface area (Å²) in [5, 5.41) is 6.33. The summed E-state index contributed by atoms with van der Waals surface area (Å²) in [6.45, 7) is 10.2. The summed E-state index contributed by atoms with van der Waals surface area (Å²) in [5.41, 5.74) is 1.01. The fraction of sp³-hybridized carbons (Fsp3) is 0.650. The number of carbonyl (C=O) groups is 1. The second-order valence-corrected chi connectivity index (χ2v) is 6.60. The van der Waals surface area contributed by atoms with Gasteiger partial charge in [-0.3, -0.25) is 4.79 Å². The monoisotopic (exact) mass is 363 g/mol. The Morgan fingerprint density at radius 1 is 1.23 bits per heavy atom. The lowest BCUT2D eigenvalue weighted by molar-refractivity contribution is -0.125. The van der Waals surface area contributed by atoms with Crippen LogP contribution in [0.5, 0.6) is 11.5 Å². The lowest BCUT2D eigenvalue weighted by atomic mass is 9.97. The van der Waals surface area contributed by atoms with E-state index in [9.17, 15) is 4.79 Å². The molecule has 6 heteroatoms. The van der Waals surface area contributed by atoms with Gasteiger partial charge >= 0.3 is 0 Å². The summed E-state index contributed by atoms with van der Waals surface area (Å²) in [6, 6.07) is 5.85. The SMILES string of the molecule is CCN(CC)CCOc1ccc(CNC(=O)C2CCNCC2)cc1OC. The van der Waals surface area contributed by atoms with Gasteiger partial charge in [-0.05, 0) is 56.7 Å². The quantitative estimate of drug-likeness (QED) is 0.666. The van der Waals surface area contributed by atoms with E-state index in [4.69, 9.17) is 9.47 Å². The van der Waals surface area contributed by atoms with Gasteiger partial charge in [0.15, 0.2) is 11.5 Å². The van der Waals surface area contributed by atoms with Crippen LogP contribution >= 0.6 is 0 Å². The number of methoxy groups -OCH3 is 1. The molecule has 0 atom stereocenters. The van der Waals surface area contributed by atoms with E-state index in [0.717, 1.165) is 56.9 Å². The zero-order valence-electron chi connectivity index (χ0n) is 16.3. The van der Waals surface area contributed by atoms with Crippen molar-refractivity contribution in [1.82, 2.24) is 15.5 Å². The predicted octanol–water partition coefficient (Wildman–Crippen LogP) is 2.03. The highest BCUT2D eigenvalue weighted by Gasteiger charge is 2.20. The maximum absolute atomic E-state index is 12.3. The van der Waals surface area contributed by atoms with E-state index < -0.39 is 0 Å². The summed E-state index contributed by atoms with van der Waals surface area (Å²) in [7, 11) is 1.64. The number of likely N-dealkylation sites (N-methyl/N-ethyl adjacent to an activating group) is 1. The van der Waals surface area contributed by atoms with Crippen molar-refractivity contribution in [2.75, 3.05) is 46.4 Å². The number of rotatable bonds is 10. The molecule has 2 rings (SSSR count). The lowest BCUT2D eigenvalue weighted by Gasteiger charge is -2.22. The Balaban J connectivity index is 1.85. The minimum absolute atomic E-state index is 0.126. The van der Waals surface area contributed by atoms with Gasteiger partial charge in [0.2, 0.25) is 5.91 Å². The molecule has 0 saturated carbocycles. The van der Waals surface area contributed by atoms with Gasteiger partial charge in [-0.25, -0.2) is 0 Å². The molecule has 0 unspecified atom stereocenters. The highest BCUT2D eigenvalue weighted by molar-refractivity contribution is 5.78. The van der Waals surface area contributed by atoms with Gasteiger partial charge in [0, 0.05) is 19.0 Å². The Labute approximate surface area is 157 Å². The van der Waals surface area contributed by atoms with Crippen LogP contribution in [0.2, 0.25) is 0 Å². The van der Waals surface area contributed by atoms with Crippen LogP contribution in [0.3, 0.4) is 0 Å². The molecule has 1 heterocycles. The van der Waals surface area contributed by atoms with E-state index in [1.165, 1.54) is 0 Å². The van der Waals surface area contributed by atoms with E-state index >= 15 is 0 Å². The van der Waals surface area contributed by atoms with Gasteiger partial charge in [0.1, 0.15) is 6.61 Å². The van der Waals surface area contributed by atoms with Crippen LogP contribution in [0.25, 0.3) is 0 Å². The van der Waals surface area contributed by atoms with Crippen LogP contribution in [0.4, 0.5) is 0 Å². The van der Waals surface area contributed by atoms with Gasteiger partial charge in [-0.1, -0.05) is 19.9 Å². The van der Waals surface area contributed by atoms with Crippen LogP contribution in [-0.2, 0) is 11.3 Å². The van der Waals surface area contributed by atoms with Crippen molar-refractivity contribution in [3.05, 3.63) is 23.8 Å². The van der Waals surface area contributed by atoms with Crippen molar-refractivity contribution in [2.24, 2.45) is 5.92 Å². The number of nitrogens with zero attached hydrogens (tertiary/aromatic N) is 1. The molecule has 0 aromatic heterocycles. The lowest BCUT2D eigenvalue weighted by Crippen LogP contribution is -2.37. The highest BCUT2D eigenvalue weighted by Crippen LogP contribution is 2.28. The molecule has 0 bridgehead atoms. The first-order valence-electron chi connectivity index (χ1n) is 9.68. The van der Waals surface area contributed by atoms with E-state index in [2.05, 4.69) is 29.4 Å². The molecule has 0 radical (unpaired) electrons. The van der Waals surface area contributed by atoms with Gasteiger partial charge in [-0.15, -0.1) is 0 Å². The number of benzene rings is 1. The molecule has 1 amide bonds. The number of hydrogen-bond donors (Lipinski definition) is 2. The van der Waals surface area contributed by atoms with Crippen molar-refractivity contribution >= 4 is 5.91 Å². The normalized spacial score (nSPS) is 15.1. The average Bonchev–Trinajstić information content (AvgIpc) is 2.70. The van der Waals surface area contributed by atoms with E-state index in [-0.39, 0.29) is 11.8 Å². The molecule has 0 spiro atoms. The van der Waals surface area contributed by atoms with E-state index in [0.29, 0.717) is 18.9 Å². The van der Waals surface area contributed by atoms with Crippen molar-refractivity contribution in [3.63, 3.8) is 0 Å². The number of piperidine rings is 1. The summed E-state index contributed by atoms with van der Waals surface area (Å²) in [6.07, 6.45) is 1.82. The first kappa shape index (κ1) is 20.5. The van der Waals surface area contributed by atoms with Crippen molar-refractivity contribution < 1.29 is 14.3 Å². The third kappa shape index (κ3) is 6.18. The molecule has 6 nitrogen and oxygen atoms in total. The second-order valence-electron chi connectivity index (χ2n) is 6.60. The number of nitrogens with one attached hydrogen (secondary N) is 2. The summed E-state index contributed by atoms with van der Waals surface area (Å²) >= 11 is 0. The van der Waals surface area contributed by atoms with Crippen LogP contribution in [0, 0.1) is 5.92 Å². The molecule has 0 aliphatic carbocycles. The zero-order chi connectivity index (χ0) is 18.8. The minimum atomic E-state index is 0.126. The predicted molar refractivity (Wildman–Crippen MR) is 104 cm³/mol. The number of ether oxygens (including phenoxy) is 2. The van der Waals surface area contributed by atoms with Crippen molar-refractivity contribution in [3.8, 4) is 11.5 Å². The summed E-state index contributed by atoms with van der Waals surface area (Å²) in [4.78, 5) is 14.6. The van der Waals surface area contributed by atoms with E-state index in [1.807, 2.05) is 18.2 Å². The fourth-order valence-corrected chi connectivity index (χ4v) is 3.18. The molecule has 146 valence electrons. The summed E-state index contributed by atoms with van der Waals surface area (Å²) < 4.78 is 11.3. The third-order valence-corrected chi connectivity index (χ3v) is 4.96. The van der Waals surface area contributed by atoms with Crippen LogP contribution in [-0.4, -0.2) is 57.2 Å². The standard InChI is InChI=1S/C20H33N3O3/c1-4-23(5-2)12-13-26-18-7-6-16(14-19(18)25-3)15-22-20(24)17-8-10-21-11-9-17/h6-7,14,17,21H,4-5,8-13,15H2,1-3H3,(H,22,24). The van der Waals surface area contributed by atoms with Crippen LogP contribution in [0.1, 0.15) is 32.3 Å². The molecule has 1 aromatic rings. The Morgan fingerprint density at radius 2 is 1.96 bits per heavy atom. The molecule has 1 aliphatic rings. The smallest absolute Gasteiger partial charge is 0.223 e. The first-order valence-corrected chi connectivity index (χ1v) is 9.68. The number of amides is 1. The van der Waals surface area contributed by atoms with Gasteiger partial charge in [-0.2, -0.15) is 0 Å². The van der Waals surface area contributed by atoms with Gasteiger partial charge in [0.05, 0.1) is 7.11 Å². The number of hydrogen-bond acceptors (Lipinski definition) is 5. The molecule has 1 saturated heterocycles. The topological polar surface area (TPSA) is 62.8 Å². The Bertz CT molecular complexity index is 555. The average molecular weight is 364 g/mol. The molecule has 2 N–H and O–H groups in total. The molecular formula is C20H33N3O3. The number of carbonyl (C=O) groups excluding carboxylic acids is 1. The van der Waals surface area contributed by atoms with Crippen LogP contribution < -0.4 is 20.1 Å². The third-order valence-electron chi connectivity index (χ3n) is 4.96. The molecule has 26 heavy (non-hydrogen) atoms. The second kappa shape index (κ2) is 11.0. The molecule has 1 aliphatic heterocycles. The molecule has 1 aromatic carbocycles. The maximum atomic E-state index is 12.3. The Kier molecular flexibility index (Phi) is 8.71.